The van der Waals surface area contributed by atoms with Crippen molar-refractivity contribution in [3.8, 4) is 0 Å². The average molecular weight is 302 g/mol. The zero-order valence-electron chi connectivity index (χ0n) is 13.8. The molecular weight excluding hydrogens is 276 g/mol. The Morgan fingerprint density at radius 2 is 1.82 bits per heavy atom. The lowest BCUT2D eigenvalue weighted by Gasteiger charge is -2.23. The van der Waals surface area contributed by atoms with E-state index in [9.17, 15) is 9.59 Å². The van der Waals surface area contributed by atoms with Crippen LogP contribution in [-0.4, -0.2) is 29.3 Å². The third-order valence-electron chi connectivity index (χ3n) is 3.81. The number of nitrogens with one attached hydrogen (secondary N) is 1. The van der Waals surface area contributed by atoms with Gasteiger partial charge in [0.25, 0.3) is 0 Å². The summed E-state index contributed by atoms with van der Waals surface area (Å²) in [6.07, 6.45) is 2.55. The molecule has 1 aliphatic carbocycles. The summed E-state index contributed by atoms with van der Waals surface area (Å²) in [5, 5.41) is 2.85. The van der Waals surface area contributed by atoms with E-state index in [4.69, 9.17) is 0 Å². The molecule has 0 bridgehead atoms. The SMILES string of the molecule is CC(C)(C)C(=O)NCCC(=O)N(Cc1ccccc1)C1CC1. The summed E-state index contributed by atoms with van der Waals surface area (Å²) in [5.41, 5.74) is 0.741. The van der Waals surface area contributed by atoms with E-state index in [0.717, 1.165) is 18.4 Å². The van der Waals surface area contributed by atoms with Crippen LogP contribution in [0.25, 0.3) is 0 Å². The predicted molar refractivity (Wildman–Crippen MR) is 87.1 cm³/mol. The first-order valence-corrected chi connectivity index (χ1v) is 7.99. The Labute approximate surface area is 132 Å². The van der Waals surface area contributed by atoms with Crippen molar-refractivity contribution < 1.29 is 9.59 Å². The topological polar surface area (TPSA) is 49.4 Å². The van der Waals surface area contributed by atoms with Gasteiger partial charge in [0.1, 0.15) is 0 Å². The summed E-state index contributed by atoms with van der Waals surface area (Å²) >= 11 is 0. The summed E-state index contributed by atoms with van der Waals surface area (Å²) in [6, 6.07) is 10.4. The lowest BCUT2D eigenvalue weighted by atomic mass is 9.96. The number of amides is 2. The van der Waals surface area contributed by atoms with Gasteiger partial charge in [-0.2, -0.15) is 0 Å². The van der Waals surface area contributed by atoms with Gasteiger partial charge in [-0.05, 0) is 18.4 Å². The molecule has 1 aromatic rings. The van der Waals surface area contributed by atoms with Crippen molar-refractivity contribution >= 4 is 11.8 Å². The highest BCUT2D eigenvalue weighted by Crippen LogP contribution is 2.28. The summed E-state index contributed by atoms with van der Waals surface area (Å²) in [5.74, 6) is 0.113. The molecule has 2 rings (SSSR count). The van der Waals surface area contributed by atoms with Crippen LogP contribution in [0.15, 0.2) is 30.3 Å². The normalized spacial score (nSPS) is 14.5. The first-order valence-electron chi connectivity index (χ1n) is 7.99. The Morgan fingerprint density at radius 3 is 2.36 bits per heavy atom. The molecule has 0 spiro atoms. The van der Waals surface area contributed by atoms with Gasteiger partial charge in [0, 0.05) is 31.0 Å². The summed E-state index contributed by atoms with van der Waals surface area (Å²) < 4.78 is 0. The van der Waals surface area contributed by atoms with Crippen LogP contribution in [-0.2, 0) is 16.1 Å². The van der Waals surface area contributed by atoms with Crippen molar-refractivity contribution in [3.05, 3.63) is 35.9 Å². The van der Waals surface area contributed by atoms with Crippen molar-refractivity contribution in [3.63, 3.8) is 0 Å². The molecule has 0 heterocycles. The van der Waals surface area contributed by atoms with Crippen molar-refractivity contribution in [2.75, 3.05) is 6.54 Å². The van der Waals surface area contributed by atoms with E-state index in [2.05, 4.69) is 5.32 Å². The Kier molecular flexibility index (Phi) is 5.22. The number of hydrogen-bond acceptors (Lipinski definition) is 2. The molecule has 1 aromatic carbocycles. The van der Waals surface area contributed by atoms with Crippen LogP contribution in [0.3, 0.4) is 0 Å². The summed E-state index contributed by atoms with van der Waals surface area (Å²) in [7, 11) is 0. The van der Waals surface area contributed by atoms with Gasteiger partial charge in [-0.3, -0.25) is 9.59 Å². The van der Waals surface area contributed by atoms with Crippen LogP contribution >= 0.6 is 0 Å². The second-order valence-electron chi connectivity index (χ2n) is 6.99. The number of benzene rings is 1. The second kappa shape index (κ2) is 6.95. The molecule has 4 heteroatoms. The first kappa shape index (κ1) is 16.5. The Bertz CT molecular complexity index is 516. The molecule has 1 N–H and O–H groups in total. The quantitative estimate of drug-likeness (QED) is 0.878. The minimum atomic E-state index is -0.413. The standard InChI is InChI=1S/C18H26N2O2/c1-18(2,3)17(22)19-12-11-16(21)20(15-9-10-15)13-14-7-5-4-6-8-14/h4-8,15H,9-13H2,1-3H3,(H,19,22). The van der Waals surface area contributed by atoms with Crippen molar-refractivity contribution in [1.29, 1.82) is 0 Å². The van der Waals surface area contributed by atoms with E-state index in [1.807, 2.05) is 56.0 Å². The van der Waals surface area contributed by atoms with Crippen LogP contribution < -0.4 is 5.32 Å². The van der Waals surface area contributed by atoms with Crippen LogP contribution in [0.5, 0.6) is 0 Å². The van der Waals surface area contributed by atoms with E-state index in [0.29, 0.717) is 25.6 Å². The van der Waals surface area contributed by atoms with Gasteiger partial charge in [0.2, 0.25) is 11.8 Å². The van der Waals surface area contributed by atoms with Crippen LogP contribution in [0.2, 0.25) is 0 Å². The molecule has 1 fully saturated rings. The molecule has 0 saturated heterocycles. The second-order valence-corrected chi connectivity index (χ2v) is 6.99. The van der Waals surface area contributed by atoms with E-state index >= 15 is 0 Å². The molecule has 22 heavy (non-hydrogen) atoms. The third-order valence-corrected chi connectivity index (χ3v) is 3.81. The van der Waals surface area contributed by atoms with Crippen LogP contribution in [0, 0.1) is 5.41 Å². The van der Waals surface area contributed by atoms with Gasteiger partial charge in [0.05, 0.1) is 0 Å². The molecule has 0 radical (unpaired) electrons. The Balaban J connectivity index is 1.84. The minimum Gasteiger partial charge on any atom is -0.355 e. The van der Waals surface area contributed by atoms with E-state index in [-0.39, 0.29) is 11.8 Å². The molecule has 1 saturated carbocycles. The predicted octanol–water partition coefficient (Wildman–Crippen LogP) is 2.73. The van der Waals surface area contributed by atoms with E-state index < -0.39 is 5.41 Å². The molecule has 0 atom stereocenters. The maximum atomic E-state index is 12.4. The van der Waals surface area contributed by atoms with Crippen molar-refractivity contribution in [2.45, 2.75) is 52.6 Å². The molecule has 0 aromatic heterocycles. The Hall–Kier alpha value is -1.84. The zero-order valence-corrected chi connectivity index (χ0v) is 13.8. The van der Waals surface area contributed by atoms with Crippen LogP contribution in [0.1, 0.15) is 45.6 Å². The number of nitrogens with zero attached hydrogens (tertiary/aromatic N) is 1. The summed E-state index contributed by atoms with van der Waals surface area (Å²) in [6.45, 7) is 6.69. The van der Waals surface area contributed by atoms with Gasteiger partial charge in [-0.1, -0.05) is 51.1 Å². The highest BCUT2D eigenvalue weighted by atomic mass is 16.2. The van der Waals surface area contributed by atoms with Gasteiger partial charge in [0.15, 0.2) is 0 Å². The van der Waals surface area contributed by atoms with Crippen LogP contribution in [0.4, 0.5) is 0 Å². The smallest absolute Gasteiger partial charge is 0.225 e. The maximum Gasteiger partial charge on any atom is 0.225 e. The number of rotatable bonds is 6. The van der Waals surface area contributed by atoms with Gasteiger partial charge < -0.3 is 10.2 Å². The lowest BCUT2D eigenvalue weighted by molar-refractivity contribution is -0.132. The molecular formula is C18H26N2O2. The number of carbonyl (C=O) groups excluding carboxylic acids is 2. The van der Waals surface area contributed by atoms with Gasteiger partial charge in [-0.25, -0.2) is 0 Å². The summed E-state index contributed by atoms with van der Waals surface area (Å²) in [4.78, 5) is 26.2. The van der Waals surface area contributed by atoms with Crippen molar-refractivity contribution in [1.82, 2.24) is 10.2 Å². The largest absolute Gasteiger partial charge is 0.355 e. The number of carbonyl (C=O) groups is 2. The third kappa shape index (κ3) is 4.86. The molecule has 1 aliphatic rings. The molecule has 120 valence electrons. The monoisotopic (exact) mass is 302 g/mol. The van der Waals surface area contributed by atoms with Crippen molar-refractivity contribution in [2.24, 2.45) is 5.41 Å². The average Bonchev–Trinajstić information content (AvgIpc) is 3.29. The van der Waals surface area contributed by atoms with Gasteiger partial charge in [-0.15, -0.1) is 0 Å². The van der Waals surface area contributed by atoms with E-state index in [1.54, 1.807) is 0 Å². The molecule has 0 aliphatic heterocycles. The highest BCUT2D eigenvalue weighted by molar-refractivity contribution is 5.82. The fourth-order valence-corrected chi connectivity index (χ4v) is 2.28. The first-order chi connectivity index (χ1) is 10.4. The minimum absolute atomic E-state index is 0.0127. The zero-order chi connectivity index (χ0) is 16.2. The fraction of sp³-hybridized carbons (Fsp3) is 0.556. The Morgan fingerprint density at radius 1 is 1.18 bits per heavy atom. The fourth-order valence-electron chi connectivity index (χ4n) is 2.28. The molecule has 2 amide bonds. The molecule has 0 unspecified atom stereocenters. The maximum absolute atomic E-state index is 12.4. The van der Waals surface area contributed by atoms with Gasteiger partial charge >= 0.3 is 0 Å². The van der Waals surface area contributed by atoms with E-state index in [1.165, 1.54) is 0 Å². The number of hydrogen-bond donors (Lipinski definition) is 1. The lowest BCUT2D eigenvalue weighted by Crippen LogP contribution is -2.39. The molecule has 4 nitrogen and oxygen atoms in total. The highest BCUT2D eigenvalue weighted by Gasteiger charge is 2.32.